The summed E-state index contributed by atoms with van der Waals surface area (Å²) in [7, 11) is 0. The number of nitrogens with one attached hydrogen (secondary N) is 1. The van der Waals surface area contributed by atoms with E-state index in [4.69, 9.17) is 4.74 Å². The molecule has 3 atom stereocenters. The van der Waals surface area contributed by atoms with Crippen LogP contribution in [0, 0.1) is 0 Å². The molecule has 0 radical (unpaired) electrons. The average Bonchev–Trinajstić information content (AvgIpc) is 3.28. The standard InChI is InChI=1S/C57H101NO5/c1-4-7-10-13-16-19-22-25-27-29-31-34-37-40-43-46-49-55(60)54(52-59)58-56(61)51-53(48-45-42-39-36-33-24-21-18-15-12-9-6-3)63-57(62)50-47-44-41-38-35-32-30-28-26-23-20-17-14-11-8-5-2/h8-9,11-12,17-18,20-21,26,28,33,36,53-55,59-60H,4-7,10,13-16,19,22-25,27,29-32,34-35,37-52H2,1-3H3,(H,58,61)/b11-8+,12-9+,20-17+,21-18+,28-26+,36-33+. The van der Waals surface area contributed by atoms with E-state index in [1.54, 1.807) is 0 Å². The minimum atomic E-state index is -0.803. The van der Waals surface area contributed by atoms with Crippen LogP contribution in [0.3, 0.4) is 0 Å². The summed E-state index contributed by atoms with van der Waals surface area (Å²) in [5.74, 6) is -0.527. The van der Waals surface area contributed by atoms with E-state index < -0.39 is 18.2 Å². The number of esters is 1. The Kier molecular flexibility index (Phi) is 48.1. The maximum atomic E-state index is 13.2. The van der Waals surface area contributed by atoms with Crippen LogP contribution in [-0.2, 0) is 14.3 Å². The van der Waals surface area contributed by atoms with E-state index in [-0.39, 0.29) is 24.9 Å². The molecule has 0 heterocycles. The fourth-order valence-corrected chi connectivity index (χ4v) is 7.81. The summed E-state index contributed by atoms with van der Waals surface area (Å²) >= 11 is 0. The topological polar surface area (TPSA) is 95.9 Å². The van der Waals surface area contributed by atoms with E-state index in [2.05, 4.69) is 99.0 Å². The lowest BCUT2D eigenvalue weighted by Crippen LogP contribution is -2.46. The molecule has 3 N–H and O–H groups in total. The number of ether oxygens (including phenoxy) is 1. The molecule has 0 aliphatic carbocycles. The summed E-state index contributed by atoms with van der Waals surface area (Å²) < 4.78 is 5.91. The van der Waals surface area contributed by atoms with Gasteiger partial charge in [-0.25, -0.2) is 0 Å². The number of allylic oxidation sites excluding steroid dienone is 12. The highest BCUT2D eigenvalue weighted by molar-refractivity contribution is 5.77. The molecular weight excluding hydrogens is 779 g/mol. The third-order valence-electron chi connectivity index (χ3n) is 11.8. The van der Waals surface area contributed by atoms with Crippen LogP contribution in [0.4, 0.5) is 0 Å². The second-order valence-corrected chi connectivity index (χ2v) is 17.9. The Balaban J connectivity index is 4.57. The van der Waals surface area contributed by atoms with E-state index in [1.807, 2.05) is 0 Å². The number of amides is 1. The molecule has 0 fully saturated rings. The van der Waals surface area contributed by atoms with Crippen molar-refractivity contribution < 1.29 is 24.5 Å². The average molecular weight is 880 g/mol. The first-order valence-corrected chi connectivity index (χ1v) is 26.7. The second kappa shape index (κ2) is 50.3. The first-order chi connectivity index (χ1) is 31.0. The minimum absolute atomic E-state index is 0.0438. The summed E-state index contributed by atoms with van der Waals surface area (Å²) in [6, 6.07) is -0.719. The van der Waals surface area contributed by atoms with E-state index in [1.165, 1.54) is 103 Å². The maximum absolute atomic E-state index is 13.2. The molecule has 0 saturated heterocycles. The van der Waals surface area contributed by atoms with E-state index in [0.29, 0.717) is 19.3 Å². The molecule has 63 heavy (non-hydrogen) atoms. The lowest BCUT2D eigenvalue weighted by Gasteiger charge is -2.24. The Morgan fingerprint density at radius 3 is 1.32 bits per heavy atom. The van der Waals surface area contributed by atoms with Crippen molar-refractivity contribution in [2.24, 2.45) is 0 Å². The van der Waals surface area contributed by atoms with E-state index >= 15 is 0 Å². The van der Waals surface area contributed by atoms with E-state index in [9.17, 15) is 19.8 Å². The summed E-state index contributed by atoms with van der Waals surface area (Å²) in [6.45, 7) is 6.25. The second-order valence-electron chi connectivity index (χ2n) is 17.9. The predicted molar refractivity (Wildman–Crippen MR) is 273 cm³/mol. The molecule has 0 aliphatic heterocycles. The normalized spacial score (nSPS) is 13.8. The number of rotatable bonds is 47. The van der Waals surface area contributed by atoms with Crippen molar-refractivity contribution in [1.29, 1.82) is 0 Å². The van der Waals surface area contributed by atoms with E-state index in [0.717, 1.165) is 103 Å². The van der Waals surface area contributed by atoms with Crippen LogP contribution in [0.2, 0.25) is 0 Å². The summed E-state index contributed by atoms with van der Waals surface area (Å²) in [4.78, 5) is 26.2. The number of unbranched alkanes of at least 4 members (excludes halogenated alkanes) is 23. The molecule has 6 nitrogen and oxygen atoms in total. The Bertz CT molecular complexity index is 1170. The first-order valence-electron chi connectivity index (χ1n) is 26.7. The predicted octanol–water partition coefficient (Wildman–Crippen LogP) is 16.2. The minimum Gasteiger partial charge on any atom is -0.462 e. The molecule has 0 bridgehead atoms. The van der Waals surface area contributed by atoms with Crippen molar-refractivity contribution in [3.63, 3.8) is 0 Å². The van der Waals surface area contributed by atoms with Gasteiger partial charge in [-0.3, -0.25) is 9.59 Å². The number of hydrogen-bond donors (Lipinski definition) is 3. The molecule has 364 valence electrons. The van der Waals surface area contributed by atoms with Crippen molar-refractivity contribution in [2.75, 3.05) is 6.61 Å². The van der Waals surface area contributed by atoms with Gasteiger partial charge in [0.2, 0.25) is 5.91 Å². The van der Waals surface area contributed by atoms with Crippen molar-refractivity contribution in [3.05, 3.63) is 72.9 Å². The molecule has 0 aromatic heterocycles. The number of carbonyl (C=O) groups excluding carboxylic acids is 2. The van der Waals surface area contributed by atoms with Gasteiger partial charge in [-0.05, 0) is 89.9 Å². The lowest BCUT2D eigenvalue weighted by atomic mass is 10.0. The summed E-state index contributed by atoms with van der Waals surface area (Å²) in [6.07, 6.45) is 64.0. The molecule has 6 heteroatoms. The summed E-state index contributed by atoms with van der Waals surface area (Å²) in [5, 5.41) is 23.8. The van der Waals surface area contributed by atoms with Crippen molar-refractivity contribution in [3.8, 4) is 0 Å². The Hall–Kier alpha value is -2.70. The van der Waals surface area contributed by atoms with Crippen molar-refractivity contribution in [2.45, 2.75) is 270 Å². The molecular formula is C57H101NO5. The van der Waals surface area contributed by atoms with Gasteiger partial charge >= 0.3 is 5.97 Å². The molecule has 0 aliphatic rings. The van der Waals surface area contributed by atoms with Gasteiger partial charge in [0, 0.05) is 6.42 Å². The van der Waals surface area contributed by atoms with Gasteiger partial charge in [0.25, 0.3) is 0 Å². The van der Waals surface area contributed by atoms with Crippen LogP contribution >= 0.6 is 0 Å². The number of carbonyl (C=O) groups is 2. The smallest absolute Gasteiger partial charge is 0.306 e. The molecule has 0 aromatic carbocycles. The Morgan fingerprint density at radius 1 is 0.476 bits per heavy atom. The molecule has 0 aromatic rings. The SMILES string of the molecule is CC/C=C/C/C=C/C/C=C/CCCCCCCCC(=O)OC(CCCC/C=C/C/C=C/C/C=C/CC)CC(=O)NC(CO)C(O)CCCCCCCCCCCCCCCCCC. The number of hydrogen-bond acceptors (Lipinski definition) is 5. The van der Waals surface area contributed by atoms with Crippen LogP contribution in [0.15, 0.2) is 72.9 Å². The highest BCUT2D eigenvalue weighted by atomic mass is 16.5. The van der Waals surface area contributed by atoms with Crippen molar-refractivity contribution >= 4 is 11.9 Å². The lowest BCUT2D eigenvalue weighted by molar-refractivity contribution is -0.151. The van der Waals surface area contributed by atoms with Crippen LogP contribution < -0.4 is 5.32 Å². The van der Waals surface area contributed by atoms with Crippen molar-refractivity contribution in [1.82, 2.24) is 5.32 Å². The van der Waals surface area contributed by atoms with Crippen LogP contribution in [-0.4, -0.2) is 46.9 Å². The highest BCUT2D eigenvalue weighted by Gasteiger charge is 2.24. The largest absolute Gasteiger partial charge is 0.462 e. The maximum Gasteiger partial charge on any atom is 0.306 e. The number of aliphatic hydroxyl groups excluding tert-OH is 2. The fraction of sp³-hybridized carbons (Fsp3) is 0.754. The third kappa shape index (κ3) is 45.7. The molecule has 0 rings (SSSR count). The quantitative estimate of drug-likeness (QED) is 0.0321. The highest BCUT2D eigenvalue weighted by Crippen LogP contribution is 2.17. The molecule has 0 saturated carbocycles. The zero-order valence-corrected chi connectivity index (χ0v) is 41.4. The van der Waals surface area contributed by atoms with Gasteiger partial charge in [0.15, 0.2) is 0 Å². The molecule has 3 unspecified atom stereocenters. The zero-order chi connectivity index (χ0) is 45.9. The van der Waals surface area contributed by atoms with Gasteiger partial charge < -0.3 is 20.3 Å². The van der Waals surface area contributed by atoms with Gasteiger partial charge in [0.05, 0.1) is 25.2 Å². The molecule has 0 spiro atoms. The monoisotopic (exact) mass is 880 g/mol. The molecule has 1 amide bonds. The van der Waals surface area contributed by atoms with Crippen LogP contribution in [0.1, 0.15) is 252 Å². The van der Waals surface area contributed by atoms with Gasteiger partial charge in [-0.1, -0.05) is 222 Å². The van der Waals surface area contributed by atoms with Gasteiger partial charge in [0.1, 0.15) is 6.10 Å². The Labute approximate surface area is 390 Å². The van der Waals surface area contributed by atoms with Crippen LogP contribution in [0.25, 0.3) is 0 Å². The summed E-state index contributed by atoms with van der Waals surface area (Å²) in [5.41, 5.74) is 0. The first kappa shape index (κ1) is 60.3. The van der Waals surface area contributed by atoms with Gasteiger partial charge in [-0.15, -0.1) is 0 Å². The Morgan fingerprint density at radius 2 is 0.857 bits per heavy atom. The fourth-order valence-electron chi connectivity index (χ4n) is 7.81. The van der Waals surface area contributed by atoms with Gasteiger partial charge in [-0.2, -0.15) is 0 Å². The third-order valence-corrected chi connectivity index (χ3v) is 11.8. The number of aliphatic hydroxyl groups is 2. The zero-order valence-electron chi connectivity index (χ0n) is 41.4. The van der Waals surface area contributed by atoms with Crippen LogP contribution in [0.5, 0.6) is 0 Å².